The first-order valence-corrected chi connectivity index (χ1v) is 6.90. The van der Waals surface area contributed by atoms with Crippen LogP contribution in [0.3, 0.4) is 0 Å². The summed E-state index contributed by atoms with van der Waals surface area (Å²) in [5.41, 5.74) is 1.31. The van der Waals surface area contributed by atoms with E-state index >= 15 is 0 Å². The van der Waals surface area contributed by atoms with E-state index in [2.05, 4.69) is 15.2 Å². The summed E-state index contributed by atoms with van der Waals surface area (Å²) in [6.45, 7) is -0.628. The van der Waals surface area contributed by atoms with E-state index in [0.717, 1.165) is 5.69 Å². The highest BCUT2D eigenvalue weighted by Gasteiger charge is 2.12. The zero-order valence-corrected chi connectivity index (χ0v) is 12.8. The summed E-state index contributed by atoms with van der Waals surface area (Å²) in [6.07, 6.45) is 2.03. The third kappa shape index (κ3) is 4.94. The highest BCUT2D eigenvalue weighted by molar-refractivity contribution is 5.91. The number of halogens is 2. The molecule has 0 fully saturated rings. The third-order valence-corrected chi connectivity index (χ3v) is 3.01. The average molecular weight is 325 g/mol. The lowest BCUT2D eigenvalue weighted by molar-refractivity contribution is -0.116. The van der Waals surface area contributed by atoms with Gasteiger partial charge in [0.2, 0.25) is 5.91 Å². The molecule has 8 heteroatoms. The van der Waals surface area contributed by atoms with Gasteiger partial charge in [-0.15, -0.1) is 0 Å². The van der Waals surface area contributed by atoms with Gasteiger partial charge in [0.25, 0.3) is 0 Å². The molecule has 1 aromatic carbocycles. The Bertz CT molecular complexity index is 674. The van der Waals surface area contributed by atoms with Crippen LogP contribution in [0.1, 0.15) is 12.1 Å². The summed E-state index contributed by atoms with van der Waals surface area (Å²) in [5, 5.41) is 6.86. The van der Waals surface area contributed by atoms with E-state index < -0.39 is 6.61 Å². The first-order valence-electron chi connectivity index (χ1n) is 6.90. The second-order valence-corrected chi connectivity index (χ2v) is 4.76. The van der Waals surface area contributed by atoms with Crippen molar-refractivity contribution >= 4 is 11.6 Å². The van der Waals surface area contributed by atoms with Crippen LogP contribution in [0.15, 0.2) is 30.5 Å². The van der Waals surface area contributed by atoms with E-state index in [0.29, 0.717) is 12.2 Å². The Labute approximate surface area is 132 Å². The minimum absolute atomic E-state index is 0.0903. The molecular weight excluding hydrogens is 308 g/mol. The van der Waals surface area contributed by atoms with Crippen molar-refractivity contribution in [2.45, 2.75) is 26.5 Å². The van der Waals surface area contributed by atoms with Gasteiger partial charge in [0.15, 0.2) is 11.5 Å². The fraction of sp³-hybridized carbons (Fsp3) is 0.333. The van der Waals surface area contributed by atoms with Gasteiger partial charge in [-0.05, 0) is 25.1 Å². The lowest BCUT2D eigenvalue weighted by Crippen LogP contribution is -2.15. The van der Waals surface area contributed by atoms with Crippen LogP contribution in [-0.4, -0.2) is 29.4 Å². The van der Waals surface area contributed by atoms with Crippen LogP contribution < -0.4 is 14.8 Å². The van der Waals surface area contributed by atoms with Crippen LogP contribution >= 0.6 is 0 Å². The Morgan fingerprint density at radius 2 is 2.13 bits per heavy atom. The van der Waals surface area contributed by atoms with E-state index in [9.17, 15) is 13.6 Å². The van der Waals surface area contributed by atoms with Gasteiger partial charge in [-0.2, -0.15) is 13.9 Å². The van der Waals surface area contributed by atoms with E-state index in [1.54, 1.807) is 10.9 Å². The Hall–Kier alpha value is -2.64. The van der Waals surface area contributed by atoms with Crippen molar-refractivity contribution in [1.29, 1.82) is 0 Å². The molecule has 2 rings (SSSR count). The van der Waals surface area contributed by atoms with Crippen molar-refractivity contribution in [3.05, 3.63) is 36.2 Å². The predicted molar refractivity (Wildman–Crippen MR) is 79.8 cm³/mol. The largest absolute Gasteiger partial charge is 0.493 e. The maximum atomic E-state index is 12.3. The lowest BCUT2D eigenvalue weighted by atomic mass is 10.2. The SMILES string of the molecule is COc1cc(NC(=O)CCn2ccc(C)n2)ccc1OC(F)F. The number of ether oxygens (including phenoxy) is 2. The Balaban J connectivity index is 1.94. The Morgan fingerprint density at radius 3 is 2.74 bits per heavy atom. The molecule has 124 valence electrons. The normalized spacial score (nSPS) is 10.7. The molecule has 2 aromatic rings. The molecule has 0 aliphatic heterocycles. The zero-order valence-electron chi connectivity index (χ0n) is 12.8. The Morgan fingerprint density at radius 1 is 1.35 bits per heavy atom. The number of amides is 1. The average Bonchev–Trinajstić information content (AvgIpc) is 2.92. The molecule has 0 atom stereocenters. The van der Waals surface area contributed by atoms with Crippen molar-refractivity contribution in [3.63, 3.8) is 0 Å². The highest BCUT2D eigenvalue weighted by atomic mass is 19.3. The van der Waals surface area contributed by atoms with Crippen LogP contribution in [-0.2, 0) is 11.3 Å². The van der Waals surface area contributed by atoms with Crippen LogP contribution in [0.5, 0.6) is 11.5 Å². The highest BCUT2D eigenvalue weighted by Crippen LogP contribution is 2.31. The number of rotatable bonds is 7. The molecule has 0 unspecified atom stereocenters. The Kier molecular flexibility index (Phi) is 5.51. The fourth-order valence-corrected chi connectivity index (χ4v) is 1.97. The molecule has 6 nitrogen and oxygen atoms in total. The molecule has 1 aromatic heterocycles. The van der Waals surface area contributed by atoms with Gasteiger partial charge < -0.3 is 14.8 Å². The molecule has 0 spiro atoms. The van der Waals surface area contributed by atoms with E-state index in [4.69, 9.17) is 4.74 Å². The first kappa shape index (κ1) is 16.7. The number of methoxy groups -OCH3 is 1. The number of benzene rings is 1. The minimum Gasteiger partial charge on any atom is -0.493 e. The van der Waals surface area contributed by atoms with Gasteiger partial charge in [-0.25, -0.2) is 0 Å². The van der Waals surface area contributed by atoms with Crippen LogP contribution in [0.2, 0.25) is 0 Å². The molecule has 23 heavy (non-hydrogen) atoms. The molecule has 0 saturated carbocycles. The summed E-state index contributed by atoms with van der Waals surface area (Å²) >= 11 is 0. The number of aromatic nitrogens is 2. The number of anilines is 1. The smallest absolute Gasteiger partial charge is 0.387 e. The summed E-state index contributed by atoms with van der Waals surface area (Å²) in [6, 6.07) is 6.06. The molecule has 0 bridgehead atoms. The molecule has 0 radical (unpaired) electrons. The molecular formula is C15H17F2N3O3. The van der Waals surface area contributed by atoms with Crippen molar-refractivity contribution in [3.8, 4) is 11.5 Å². The van der Waals surface area contributed by atoms with Crippen LogP contribution in [0.25, 0.3) is 0 Å². The summed E-state index contributed by atoms with van der Waals surface area (Å²) in [7, 11) is 1.33. The van der Waals surface area contributed by atoms with Gasteiger partial charge in [-0.3, -0.25) is 9.48 Å². The van der Waals surface area contributed by atoms with Gasteiger partial charge in [0.1, 0.15) is 0 Å². The molecule has 0 saturated heterocycles. The standard InChI is InChI=1S/C15H17F2N3O3/c1-10-5-7-20(19-10)8-6-14(21)18-11-3-4-12(23-15(16)17)13(9-11)22-2/h3-5,7,9,15H,6,8H2,1-2H3,(H,18,21). The van der Waals surface area contributed by atoms with Crippen molar-refractivity contribution in [2.24, 2.45) is 0 Å². The quantitative estimate of drug-likeness (QED) is 0.850. The maximum Gasteiger partial charge on any atom is 0.387 e. The number of nitrogens with zero attached hydrogens (tertiary/aromatic N) is 2. The zero-order chi connectivity index (χ0) is 16.8. The first-order chi connectivity index (χ1) is 11.0. The maximum absolute atomic E-state index is 12.3. The number of hydrogen-bond donors (Lipinski definition) is 1. The molecule has 1 heterocycles. The number of aryl methyl sites for hydroxylation is 2. The molecule has 1 amide bonds. The number of alkyl halides is 2. The van der Waals surface area contributed by atoms with Gasteiger partial charge in [-0.1, -0.05) is 0 Å². The van der Waals surface area contributed by atoms with E-state index in [1.165, 1.54) is 25.3 Å². The van der Waals surface area contributed by atoms with E-state index in [-0.39, 0.29) is 23.8 Å². The summed E-state index contributed by atoms with van der Waals surface area (Å²) < 4.78 is 35.5. The number of hydrogen-bond acceptors (Lipinski definition) is 4. The van der Waals surface area contributed by atoms with Gasteiger partial charge >= 0.3 is 6.61 Å². The second-order valence-electron chi connectivity index (χ2n) is 4.76. The van der Waals surface area contributed by atoms with Gasteiger partial charge in [0.05, 0.1) is 12.8 Å². The topological polar surface area (TPSA) is 65.4 Å². The number of carbonyl (C=O) groups excluding carboxylic acids is 1. The summed E-state index contributed by atoms with van der Waals surface area (Å²) in [5.74, 6) is -0.193. The summed E-state index contributed by atoms with van der Waals surface area (Å²) in [4.78, 5) is 11.9. The lowest BCUT2D eigenvalue weighted by Gasteiger charge is -2.12. The van der Waals surface area contributed by atoms with E-state index in [1.807, 2.05) is 13.0 Å². The minimum atomic E-state index is -2.94. The van der Waals surface area contributed by atoms with Crippen molar-refractivity contribution in [2.75, 3.05) is 12.4 Å². The number of carbonyl (C=O) groups is 1. The molecule has 1 N–H and O–H groups in total. The predicted octanol–water partition coefficient (Wildman–Crippen LogP) is 2.83. The monoisotopic (exact) mass is 325 g/mol. The number of nitrogens with one attached hydrogen (secondary N) is 1. The fourth-order valence-electron chi connectivity index (χ4n) is 1.97. The molecule has 0 aliphatic carbocycles. The van der Waals surface area contributed by atoms with Crippen molar-refractivity contribution in [1.82, 2.24) is 9.78 Å². The van der Waals surface area contributed by atoms with Crippen LogP contribution in [0.4, 0.5) is 14.5 Å². The van der Waals surface area contributed by atoms with Crippen LogP contribution in [0, 0.1) is 6.92 Å². The molecule has 0 aliphatic rings. The second kappa shape index (κ2) is 7.57. The van der Waals surface area contributed by atoms with Gasteiger partial charge in [0, 0.05) is 30.9 Å². The third-order valence-electron chi connectivity index (χ3n) is 3.01. The van der Waals surface area contributed by atoms with Crippen molar-refractivity contribution < 1.29 is 23.0 Å².